The molecule has 0 unspecified atom stereocenters. The molecule has 0 aromatic carbocycles. The SMILES string of the molecule is O=C(COC(=O)C12CC3CC(CC(C3)C1)C2)OCCS(=O)(=O)O. The topological polar surface area (TPSA) is 107 Å². The summed E-state index contributed by atoms with van der Waals surface area (Å²) in [6.07, 6.45) is 6.21. The van der Waals surface area contributed by atoms with Crippen molar-refractivity contribution in [2.75, 3.05) is 19.0 Å². The van der Waals surface area contributed by atoms with Crippen LogP contribution in [-0.4, -0.2) is 43.9 Å². The Labute approximate surface area is 135 Å². The van der Waals surface area contributed by atoms with Crippen LogP contribution in [0, 0.1) is 23.2 Å². The molecule has 4 bridgehead atoms. The van der Waals surface area contributed by atoms with Gasteiger partial charge in [-0.3, -0.25) is 9.35 Å². The first kappa shape index (κ1) is 16.7. The zero-order valence-corrected chi connectivity index (χ0v) is 13.7. The second-order valence-corrected chi connectivity index (χ2v) is 8.85. The van der Waals surface area contributed by atoms with Gasteiger partial charge in [0.15, 0.2) is 6.61 Å². The first-order chi connectivity index (χ1) is 10.8. The highest BCUT2D eigenvalue weighted by Crippen LogP contribution is 2.60. The summed E-state index contributed by atoms with van der Waals surface area (Å²) in [5, 5.41) is 0. The van der Waals surface area contributed by atoms with E-state index in [1.165, 1.54) is 19.3 Å². The fraction of sp³-hybridized carbons (Fsp3) is 0.867. The van der Waals surface area contributed by atoms with Crippen molar-refractivity contribution >= 4 is 22.1 Å². The third-order valence-electron chi connectivity index (χ3n) is 5.40. The molecule has 0 heterocycles. The molecule has 4 saturated carbocycles. The summed E-state index contributed by atoms with van der Waals surface area (Å²) in [7, 11) is -4.17. The largest absolute Gasteiger partial charge is 0.462 e. The van der Waals surface area contributed by atoms with Crippen molar-refractivity contribution in [2.45, 2.75) is 38.5 Å². The van der Waals surface area contributed by atoms with E-state index in [-0.39, 0.29) is 5.97 Å². The molecule has 0 aliphatic heterocycles. The van der Waals surface area contributed by atoms with Crippen LogP contribution in [0.4, 0.5) is 0 Å². The fourth-order valence-corrected chi connectivity index (χ4v) is 5.23. The maximum Gasteiger partial charge on any atom is 0.344 e. The van der Waals surface area contributed by atoms with Gasteiger partial charge in [0.05, 0.1) is 5.41 Å². The quantitative estimate of drug-likeness (QED) is 0.568. The lowest BCUT2D eigenvalue weighted by molar-refractivity contribution is -0.177. The molecule has 4 aliphatic carbocycles. The van der Waals surface area contributed by atoms with Gasteiger partial charge in [-0.25, -0.2) is 4.79 Å². The van der Waals surface area contributed by atoms with Gasteiger partial charge in [-0.2, -0.15) is 8.42 Å². The number of hydrogen-bond acceptors (Lipinski definition) is 6. The highest BCUT2D eigenvalue weighted by atomic mass is 32.2. The molecular formula is C15H22O7S. The number of carbonyl (C=O) groups is 2. The Balaban J connectivity index is 1.47. The minimum Gasteiger partial charge on any atom is -0.462 e. The van der Waals surface area contributed by atoms with Gasteiger partial charge >= 0.3 is 11.9 Å². The van der Waals surface area contributed by atoms with Crippen LogP contribution in [-0.2, 0) is 29.2 Å². The Hall–Kier alpha value is -1.15. The van der Waals surface area contributed by atoms with E-state index in [0.717, 1.165) is 19.3 Å². The van der Waals surface area contributed by atoms with Gasteiger partial charge in [-0.15, -0.1) is 0 Å². The molecule has 1 N–H and O–H groups in total. The van der Waals surface area contributed by atoms with Crippen molar-refractivity contribution in [2.24, 2.45) is 23.2 Å². The van der Waals surface area contributed by atoms with Crippen molar-refractivity contribution in [3.8, 4) is 0 Å². The molecule has 0 amide bonds. The summed E-state index contributed by atoms with van der Waals surface area (Å²) >= 11 is 0. The van der Waals surface area contributed by atoms with Crippen LogP contribution >= 0.6 is 0 Å². The minimum absolute atomic E-state index is 0.316. The van der Waals surface area contributed by atoms with E-state index >= 15 is 0 Å². The molecule has 0 radical (unpaired) electrons. The van der Waals surface area contributed by atoms with E-state index in [9.17, 15) is 18.0 Å². The van der Waals surface area contributed by atoms with E-state index in [2.05, 4.69) is 4.74 Å². The van der Waals surface area contributed by atoms with Crippen LogP contribution in [0.3, 0.4) is 0 Å². The highest BCUT2D eigenvalue weighted by Gasteiger charge is 2.55. The Morgan fingerprint density at radius 1 is 1.00 bits per heavy atom. The van der Waals surface area contributed by atoms with Crippen LogP contribution in [0.1, 0.15) is 38.5 Å². The zero-order valence-electron chi connectivity index (χ0n) is 12.9. The predicted octanol–water partition coefficient (Wildman–Crippen LogP) is 1.18. The second-order valence-electron chi connectivity index (χ2n) is 7.28. The fourth-order valence-electron chi connectivity index (χ4n) is 4.94. The maximum atomic E-state index is 12.5. The molecule has 0 aromatic rings. The molecule has 0 saturated heterocycles. The first-order valence-electron chi connectivity index (χ1n) is 8.04. The van der Waals surface area contributed by atoms with Gasteiger partial charge in [-0.1, -0.05) is 0 Å². The molecular weight excluding hydrogens is 324 g/mol. The summed E-state index contributed by atoms with van der Waals surface area (Å²) in [5.41, 5.74) is -0.427. The number of carbonyl (C=O) groups excluding carboxylic acids is 2. The third kappa shape index (κ3) is 3.85. The van der Waals surface area contributed by atoms with E-state index < -0.39 is 40.5 Å². The highest BCUT2D eigenvalue weighted by molar-refractivity contribution is 7.85. The molecule has 23 heavy (non-hydrogen) atoms. The minimum atomic E-state index is -4.17. The molecule has 4 fully saturated rings. The predicted molar refractivity (Wildman–Crippen MR) is 78.9 cm³/mol. The standard InChI is InChI=1S/C15H22O7S/c16-13(21-1-2-23(18,19)20)9-22-14(17)15-6-10-3-11(7-15)5-12(4-10)8-15/h10-12H,1-9H2,(H,18,19,20). The third-order valence-corrected chi connectivity index (χ3v) is 6.08. The smallest absolute Gasteiger partial charge is 0.344 e. The lowest BCUT2D eigenvalue weighted by Gasteiger charge is -2.55. The molecule has 130 valence electrons. The number of hydrogen-bond donors (Lipinski definition) is 1. The van der Waals surface area contributed by atoms with Gasteiger partial charge in [-0.05, 0) is 56.3 Å². The van der Waals surface area contributed by atoms with Crippen LogP contribution in [0.5, 0.6) is 0 Å². The number of ether oxygens (including phenoxy) is 2. The summed E-state index contributed by atoms with van der Waals surface area (Å²) in [5.74, 6) is 0.0402. The molecule has 4 aliphatic rings. The van der Waals surface area contributed by atoms with Crippen molar-refractivity contribution in [3.63, 3.8) is 0 Å². The van der Waals surface area contributed by atoms with E-state index in [0.29, 0.717) is 17.8 Å². The second kappa shape index (κ2) is 6.05. The first-order valence-corrected chi connectivity index (χ1v) is 9.65. The Morgan fingerprint density at radius 2 is 1.52 bits per heavy atom. The Kier molecular flexibility index (Phi) is 4.39. The number of esters is 2. The van der Waals surface area contributed by atoms with Crippen LogP contribution in [0.2, 0.25) is 0 Å². The van der Waals surface area contributed by atoms with Gasteiger partial charge < -0.3 is 9.47 Å². The average molecular weight is 346 g/mol. The van der Waals surface area contributed by atoms with Gasteiger partial charge in [0, 0.05) is 0 Å². The number of rotatable bonds is 6. The van der Waals surface area contributed by atoms with Gasteiger partial charge in [0.2, 0.25) is 0 Å². The summed E-state index contributed by atoms with van der Waals surface area (Å²) in [6.45, 7) is -0.960. The Bertz CT molecular complexity index is 560. The van der Waals surface area contributed by atoms with Crippen molar-refractivity contribution in [3.05, 3.63) is 0 Å². The summed E-state index contributed by atoms with van der Waals surface area (Å²) < 4.78 is 39.4. The zero-order chi connectivity index (χ0) is 16.7. The van der Waals surface area contributed by atoms with E-state index in [4.69, 9.17) is 9.29 Å². The normalized spacial score (nSPS) is 35.1. The summed E-state index contributed by atoms with van der Waals surface area (Å²) in [4.78, 5) is 24.0. The lowest BCUT2D eigenvalue weighted by Crippen LogP contribution is -2.50. The molecule has 7 nitrogen and oxygen atoms in total. The van der Waals surface area contributed by atoms with Gasteiger partial charge in [0.1, 0.15) is 12.4 Å². The van der Waals surface area contributed by atoms with Crippen molar-refractivity contribution in [1.82, 2.24) is 0 Å². The maximum absolute atomic E-state index is 12.5. The van der Waals surface area contributed by atoms with Crippen LogP contribution in [0.25, 0.3) is 0 Å². The van der Waals surface area contributed by atoms with E-state index in [1.807, 2.05) is 0 Å². The van der Waals surface area contributed by atoms with Crippen LogP contribution in [0.15, 0.2) is 0 Å². The van der Waals surface area contributed by atoms with Crippen molar-refractivity contribution in [1.29, 1.82) is 0 Å². The molecule has 8 heteroatoms. The lowest BCUT2D eigenvalue weighted by atomic mass is 9.49. The molecule has 0 atom stereocenters. The van der Waals surface area contributed by atoms with Crippen molar-refractivity contribution < 1.29 is 32.0 Å². The molecule has 4 rings (SSSR count). The molecule has 0 aromatic heterocycles. The monoisotopic (exact) mass is 346 g/mol. The molecule has 0 spiro atoms. The van der Waals surface area contributed by atoms with Crippen LogP contribution < -0.4 is 0 Å². The van der Waals surface area contributed by atoms with Gasteiger partial charge in [0.25, 0.3) is 10.1 Å². The Morgan fingerprint density at radius 3 is 2.00 bits per heavy atom. The average Bonchev–Trinajstić information content (AvgIpc) is 2.41. The van der Waals surface area contributed by atoms with E-state index in [1.54, 1.807) is 0 Å². The summed E-state index contributed by atoms with van der Waals surface area (Å²) in [6, 6.07) is 0.